The van der Waals surface area contributed by atoms with Crippen molar-refractivity contribution in [3.63, 3.8) is 0 Å². The van der Waals surface area contributed by atoms with Crippen molar-refractivity contribution in [3.8, 4) is 0 Å². The minimum absolute atomic E-state index is 0.342. The summed E-state index contributed by atoms with van der Waals surface area (Å²) < 4.78 is 65.3. The highest BCUT2D eigenvalue weighted by Crippen LogP contribution is 2.35. The fourth-order valence-electron chi connectivity index (χ4n) is 1.89. The van der Waals surface area contributed by atoms with Gasteiger partial charge in [0.25, 0.3) is 0 Å². The predicted molar refractivity (Wildman–Crippen MR) is 56.7 cm³/mol. The Bertz CT molecular complexity index is 441. The van der Waals surface area contributed by atoms with E-state index in [1.807, 2.05) is 0 Å². The Balaban J connectivity index is 2.25. The van der Waals surface area contributed by atoms with E-state index in [9.17, 15) is 22.0 Å². The Morgan fingerprint density at radius 2 is 1.39 bits per heavy atom. The van der Waals surface area contributed by atoms with Crippen molar-refractivity contribution < 1.29 is 22.0 Å². The van der Waals surface area contributed by atoms with Crippen molar-refractivity contribution in [2.24, 2.45) is 5.92 Å². The van der Waals surface area contributed by atoms with Crippen molar-refractivity contribution in [3.05, 3.63) is 29.1 Å². The molecule has 1 saturated carbocycles. The lowest BCUT2D eigenvalue weighted by molar-refractivity contribution is 0.380. The largest absolute Gasteiger partial charge is 0.378 e. The molecule has 1 aromatic carbocycles. The van der Waals surface area contributed by atoms with E-state index in [1.54, 1.807) is 6.92 Å². The van der Waals surface area contributed by atoms with Crippen molar-refractivity contribution in [2.75, 3.05) is 5.32 Å². The summed E-state index contributed by atoms with van der Waals surface area (Å²) in [6, 6.07) is -0.342. The van der Waals surface area contributed by atoms with Crippen LogP contribution in [0.3, 0.4) is 0 Å². The minimum atomic E-state index is -2.13. The number of hydrogen-bond acceptors (Lipinski definition) is 1. The number of anilines is 1. The van der Waals surface area contributed by atoms with Crippen LogP contribution in [-0.2, 0) is 0 Å². The zero-order valence-corrected chi connectivity index (χ0v) is 9.67. The van der Waals surface area contributed by atoms with E-state index in [1.165, 1.54) is 0 Å². The van der Waals surface area contributed by atoms with E-state index in [4.69, 9.17) is 0 Å². The van der Waals surface area contributed by atoms with Gasteiger partial charge in [0.05, 0.1) is 0 Å². The molecule has 0 spiro atoms. The lowest BCUT2D eigenvalue weighted by Crippen LogP contribution is -2.19. The fraction of sp³-hybridized carbons (Fsp3) is 0.500. The molecule has 1 aliphatic carbocycles. The maximum Gasteiger partial charge on any atom is 0.200 e. The average Bonchev–Trinajstić information content (AvgIpc) is 3.13. The molecule has 2 rings (SSSR count). The van der Waals surface area contributed by atoms with Crippen LogP contribution in [0.2, 0.25) is 0 Å². The summed E-state index contributed by atoms with van der Waals surface area (Å²) in [5.41, 5.74) is -0.945. The van der Waals surface area contributed by atoms with Crippen LogP contribution in [0.25, 0.3) is 0 Å². The predicted octanol–water partition coefficient (Wildman–Crippen LogP) is 3.98. The summed E-state index contributed by atoms with van der Waals surface area (Å²) in [4.78, 5) is 0. The topological polar surface area (TPSA) is 12.0 Å². The van der Waals surface area contributed by atoms with Crippen LogP contribution in [-0.4, -0.2) is 6.04 Å². The highest BCUT2D eigenvalue weighted by molar-refractivity contribution is 5.48. The molecule has 0 heterocycles. The molecule has 1 atom stereocenters. The Labute approximate surface area is 101 Å². The molecule has 0 aromatic heterocycles. The summed E-state index contributed by atoms with van der Waals surface area (Å²) in [5, 5.41) is 2.36. The van der Waals surface area contributed by atoms with E-state index in [-0.39, 0.29) is 6.04 Å². The Kier molecular flexibility index (Phi) is 3.45. The van der Waals surface area contributed by atoms with Crippen molar-refractivity contribution in [2.45, 2.75) is 32.2 Å². The number of halogens is 5. The van der Waals surface area contributed by atoms with E-state index in [0.29, 0.717) is 12.3 Å². The number of rotatable bonds is 4. The van der Waals surface area contributed by atoms with Crippen LogP contribution in [0.5, 0.6) is 0 Å². The van der Waals surface area contributed by atoms with Gasteiger partial charge in [-0.15, -0.1) is 0 Å². The zero-order valence-electron chi connectivity index (χ0n) is 9.67. The minimum Gasteiger partial charge on any atom is -0.378 e. The normalized spacial score (nSPS) is 16.8. The molecule has 0 amide bonds. The maximum atomic E-state index is 13.3. The van der Waals surface area contributed by atoms with Crippen LogP contribution < -0.4 is 5.32 Å². The Hall–Kier alpha value is -1.33. The highest BCUT2D eigenvalue weighted by atomic mass is 19.2. The molecule has 0 radical (unpaired) electrons. The molecule has 1 nitrogen and oxygen atoms in total. The molecule has 6 heteroatoms. The molecule has 1 aromatic rings. The molecule has 1 unspecified atom stereocenters. The summed E-state index contributed by atoms with van der Waals surface area (Å²) in [6.45, 7) is 1.65. The van der Waals surface area contributed by atoms with Crippen LogP contribution in [0.15, 0.2) is 0 Å². The van der Waals surface area contributed by atoms with Crippen LogP contribution >= 0.6 is 0 Å². The lowest BCUT2D eigenvalue weighted by atomic mass is 10.1. The first-order valence-corrected chi connectivity index (χ1v) is 5.69. The molecule has 1 N–H and O–H groups in total. The van der Waals surface area contributed by atoms with E-state index in [2.05, 4.69) is 5.32 Å². The first kappa shape index (κ1) is 13.1. The molecule has 100 valence electrons. The standard InChI is InChI=1S/C12H12F5N/c1-5(4-6-2-3-6)18-12-10(16)8(14)7(13)9(15)11(12)17/h5-6,18H,2-4H2,1H3. The lowest BCUT2D eigenvalue weighted by Gasteiger charge is -2.16. The second-order valence-corrected chi connectivity index (χ2v) is 4.67. The van der Waals surface area contributed by atoms with E-state index < -0.39 is 34.8 Å². The summed E-state index contributed by atoms with van der Waals surface area (Å²) >= 11 is 0. The van der Waals surface area contributed by atoms with Gasteiger partial charge in [0.15, 0.2) is 23.3 Å². The number of hydrogen-bond donors (Lipinski definition) is 1. The molecular formula is C12H12F5N. The zero-order chi connectivity index (χ0) is 13.4. The second kappa shape index (κ2) is 4.74. The fourth-order valence-corrected chi connectivity index (χ4v) is 1.89. The molecule has 0 bridgehead atoms. The molecule has 1 aliphatic rings. The van der Waals surface area contributed by atoms with E-state index >= 15 is 0 Å². The first-order chi connectivity index (χ1) is 8.41. The molecule has 0 saturated heterocycles. The van der Waals surface area contributed by atoms with Gasteiger partial charge >= 0.3 is 0 Å². The van der Waals surface area contributed by atoms with E-state index in [0.717, 1.165) is 12.8 Å². The Morgan fingerprint density at radius 1 is 0.944 bits per heavy atom. The monoisotopic (exact) mass is 265 g/mol. The molecule has 1 fully saturated rings. The summed E-state index contributed by atoms with van der Waals surface area (Å²) in [6.07, 6.45) is 2.74. The third-order valence-corrected chi connectivity index (χ3v) is 2.98. The van der Waals surface area contributed by atoms with Crippen molar-refractivity contribution >= 4 is 5.69 Å². The van der Waals surface area contributed by atoms with Gasteiger partial charge in [-0.1, -0.05) is 12.8 Å². The number of nitrogens with one attached hydrogen (secondary N) is 1. The van der Waals surface area contributed by atoms with Gasteiger partial charge in [0, 0.05) is 6.04 Å². The highest BCUT2D eigenvalue weighted by Gasteiger charge is 2.28. The third kappa shape index (κ3) is 2.42. The van der Waals surface area contributed by atoms with Gasteiger partial charge in [0.1, 0.15) is 5.69 Å². The van der Waals surface area contributed by atoms with Gasteiger partial charge in [-0.2, -0.15) is 0 Å². The van der Waals surface area contributed by atoms with Crippen LogP contribution in [0.4, 0.5) is 27.6 Å². The van der Waals surface area contributed by atoms with Crippen LogP contribution in [0, 0.1) is 35.0 Å². The third-order valence-electron chi connectivity index (χ3n) is 2.98. The summed E-state index contributed by atoms with van der Waals surface area (Å²) in [7, 11) is 0. The molecular weight excluding hydrogens is 253 g/mol. The molecule has 18 heavy (non-hydrogen) atoms. The smallest absolute Gasteiger partial charge is 0.200 e. The Morgan fingerprint density at radius 3 is 1.83 bits per heavy atom. The van der Waals surface area contributed by atoms with Gasteiger partial charge in [-0.3, -0.25) is 0 Å². The average molecular weight is 265 g/mol. The van der Waals surface area contributed by atoms with Crippen LogP contribution in [0.1, 0.15) is 26.2 Å². The quantitative estimate of drug-likeness (QED) is 0.493. The second-order valence-electron chi connectivity index (χ2n) is 4.67. The van der Waals surface area contributed by atoms with Gasteiger partial charge < -0.3 is 5.32 Å². The SMILES string of the molecule is CC(CC1CC1)Nc1c(F)c(F)c(F)c(F)c1F. The molecule has 0 aliphatic heterocycles. The summed E-state index contributed by atoms with van der Waals surface area (Å²) in [5.74, 6) is -9.12. The van der Waals surface area contributed by atoms with Crippen molar-refractivity contribution in [1.82, 2.24) is 0 Å². The van der Waals surface area contributed by atoms with Crippen molar-refractivity contribution in [1.29, 1.82) is 0 Å². The maximum absolute atomic E-state index is 13.3. The number of benzene rings is 1. The van der Waals surface area contributed by atoms with Gasteiger partial charge in [-0.25, -0.2) is 22.0 Å². The van der Waals surface area contributed by atoms with Gasteiger partial charge in [-0.05, 0) is 19.3 Å². The first-order valence-electron chi connectivity index (χ1n) is 5.69. The van der Waals surface area contributed by atoms with Gasteiger partial charge in [0.2, 0.25) is 5.82 Å².